The van der Waals surface area contributed by atoms with Gasteiger partial charge >= 0.3 is 12.1 Å². The monoisotopic (exact) mass is 368 g/mol. The van der Waals surface area contributed by atoms with E-state index in [1.54, 1.807) is 0 Å². The summed E-state index contributed by atoms with van der Waals surface area (Å²) >= 11 is 0. The van der Waals surface area contributed by atoms with Crippen molar-refractivity contribution >= 4 is 11.8 Å². The Morgan fingerprint density at radius 1 is 1.00 bits per heavy atom. The number of alkyl halides is 3. The van der Waals surface area contributed by atoms with Crippen LogP contribution < -0.4 is 0 Å². The summed E-state index contributed by atoms with van der Waals surface area (Å²) in [6.45, 7) is 0. The number of carbonyl (C=O) groups excluding carboxylic acids is 2. The van der Waals surface area contributed by atoms with E-state index < -0.39 is 35.2 Å². The molecule has 0 radical (unpaired) electrons. The quantitative estimate of drug-likeness (QED) is 0.327. The van der Waals surface area contributed by atoms with Gasteiger partial charge in [0.25, 0.3) is 0 Å². The van der Waals surface area contributed by atoms with E-state index >= 15 is 0 Å². The average Bonchev–Trinajstić information content (AvgIpc) is 2.62. The lowest BCUT2D eigenvalue weighted by atomic mass is 9.91. The summed E-state index contributed by atoms with van der Waals surface area (Å²) in [7, 11) is 1.13. The van der Waals surface area contributed by atoms with Crippen LogP contribution in [0.2, 0.25) is 0 Å². The van der Waals surface area contributed by atoms with Crippen LogP contribution in [0.25, 0.3) is 0 Å². The van der Waals surface area contributed by atoms with E-state index in [0.717, 1.165) is 36.9 Å². The number of esters is 1. The zero-order valence-electron chi connectivity index (χ0n) is 13.8. The number of methoxy groups -OCH3 is 1. The van der Waals surface area contributed by atoms with Gasteiger partial charge in [-0.25, -0.2) is 4.39 Å². The van der Waals surface area contributed by atoms with Gasteiger partial charge in [0.05, 0.1) is 12.7 Å². The summed E-state index contributed by atoms with van der Waals surface area (Å²) in [5.41, 5.74) is -0.164. The zero-order chi connectivity index (χ0) is 19.3. The number of ether oxygens (including phenoxy) is 1. The Balaban J connectivity index is 2.16. The van der Waals surface area contributed by atoms with Gasteiger partial charge in [-0.1, -0.05) is 24.3 Å². The molecule has 0 aliphatic heterocycles. The molecule has 0 saturated carbocycles. The van der Waals surface area contributed by atoms with E-state index in [9.17, 15) is 27.2 Å². The molecule has 0 heterocycles. The van der Waals surface area contributed by atoms with E-state index in [-0.39, 0.29) is 12.0 Å². The van der Waals surface area contributed by atoms with Crippen molar-refractivity contribution in [2.24, 2.45) is 5.92 Å². The Morgan fingerprint density at radius 3 is 2.08 bits per heavy atom. The van der Waals surface area contributed by atoms with Gasteiger partial charge in [0.2, 0.25) is 0 Å². The molecule has 1 atom stereocenters. The van der Waals surface area contributed by atoms with Crippen LogP contribution in [0.5, 0.6) is 0 Å². The van der Waals surface area contributed by atoms with Crippen LogP contribution >= 0.6 is 0 Å². The normalized spacial score (nSPS) is 12.5. The molecule has 1 unspecified atom stereocenters. The molecule has 0 saturated heterocycles. The third kappa shape index (κ3) is 4.91. The van der Waals surface area contributed by atoms with Gasteiger partial charge in [-0.05, 0) is 42.7 Å². The maximum atomic E-state index is 12.9. The first kappa shape index (κ1) is 19.6. The Hall–Kier alpha value is -2.70. The van der Waals surface area contributed by atoms with E-state index in [1.165, 1.54) is 24.3 Å². The molecule has 0 aliphatic rings. The molecular formula is C19H16F4O3. The van der Waals surface area contributed by atoms with Crippen LogP contribution in [-0.2, 0) is 22.1 Å². The smallest absolute Gasteiger partial charge is 0.416 e. The molecule has 0 aromatic heterocycles. The van der Waals surface area contributed by atoms with Crippen molar-refractivity contribution in [1.29, 1.82) is 0 Å². The molecule has 26 heavy (non-hydrogen) atoms. The first-order valence-electron chi connectivity index (χ1n) is 7.76. The molecule has 0 N–H and O–H groups in total. The summed E-state index contributed by atoms with van der Waals surface area (Å²) in [6, 6.07) is 9.26. The number of carbonyl (C=O) groups is 2. The predicted molar refractivity (Wildman–Crippen MR) is 86.0 cm³/mol. The number of ketones is 1. The van der Waals surface area contributed by atoms with Crippen molar-refractivity contribution in [2.75, 3.05) is 7.11 Å². The van der Waals surface area contributed by atoms with E-state index in [0.29, 0.717) is 6.42 Å². The van der Waals surface area contributed by atoms with Gasteiger partial charge < -0.3 is 4.74 Å². The van der Waals surface area contributed by atoms with Crippen molar-refractivity contribution in [2.45, 2.75) is 19.0 Å². The Bertz CT molecular complexity index is 765. The molecule has 0 bridgehead atoms. The highest BCUT2D eigenvalue weighted by Crippen LogP contribution is 2.29. The Labute approximate surface area is 147 Å². The second-order valence-electron chi connectivity index (χ2n) is 5.68. The molecule has 0 aliphatic carbocycles. The van der Waals surface area contributed by atoms with Crippen molar-refractivity contribution in [3.8, 4) is 0 Å². The third-order valence-electron chi connectivity index (χ3n) is 3.93. The van der Waals surface area contributed by atoms with Gasteiger partial charge in [0, 0.05) is 5.56 Å². The largest absolute Gasteiger partial charge is 0.468 e. The lowest BCUT2D eigenvalue weighted by Gasteiger charge is -2.14. The fraction of sp³-hybridized carbons (Fsp3) is 0.263. The van der Waals surface area contributed by atoms with Gasteiger partial charge in [0.1, 0.15) is 11.7 Å². The first-order valence-corrected chi connectivity index (χ1v) is 7.76. The molecule has 2 aromatic rings. The van der Waals surface area contributed by atoms with E-state index in [4.69, 9.17) is 0 Å². The van der Waals surface area contributed by atoms with E-state index in [2.05, 4.69) is 4.74 Å². The highest BCUT2D eigenvalue weighted by molar-refractivity contribution is 6.08. The van der Waals surface area contributed by atoms with Crippen molar-refractivity contribution < 1.29 is 31.9 Å². The zero-order valence-corrected chi connectivity index (χ0v) is 13.8. The fourth-order valence-electron chi connectivity index (χ4n) is 2.48. The molecule has 2 rings (SSSR count). The number of hydrogen-bond donors (Lipinski definition) is 0. The van der Waals surface area contributed by atoms with Gasteiger partial charge in [0.15, 0.2) is 5.78 Å². The number of benzene rings is 2. The topological polar surface area (TPSA) is 43.4 Å². The minimum atomic E-state index is -4.51. The predicted octanol–water partition coefficient (Wildman–Crippen LogP) is 4.45. The molecule has 0 spiro atoms. The van der Waals surface area contributed by atoms with Crippen LogP contribution in [0.4, 0.5) is 17.6 Å². The van der Waals surface area contributed by atoms with Crippen LogP contribution in [0.1, 0.15) is 27.9 Å². The average molecular weight is 368 g/mol. The molecule has 2 aromatic carbocycles. The summed E-state index contributed by atoms with van der Waals surface area (Å²) in [5, 5.41) is 0. The van der Waals surface area contributed by atoms with Crippen LogP contribution in [0.3, 0.4) is 0 Å². The molecule has 7 heteroatoms. The number of rotatable bonds is 6. The molecule has 3 nitrogen and oxygen atoms in total. The van der Waals surface area contributed by atoms with E-state index in [1.807, 2.05) is 0 Å². The fourth-order valence-corrected chi connectivity index (χ4v) is 2.48. The number of hydrogen-bond acceptors (Lipinski definition) is 3. The number of halogens is 4. The maximum absolute atomic E-state index is 12.9. The lowest BCUT2D eigenvalue weighted by molar-refractivity contribution is -0.144. The highest BCUT2D eigenvalue weighted by atomic mass is 19.4. The van der Waals surface area contributed by atoms with Gasteiger partial charge in [-0.3, -0.25) is 9.59 Å². The number of Topliss-reactive ketones (excluding diaryl/α,β-unsaturated/α-hetero) is 1. The second-order valence-corrected chi connectivity index (χ2v) is 5.68. The van der Waals surface area contributed by atoms with Crippen LogP contribution in [0.15, 0.2) is 48.5 Å². The summed E-state index contributed by atoms with van der Waals surface area (Å²) < 4.78 is 55.4. The second kappa shape index (κ2) is 8.12. The first-order chi connectivity index (χ1) is 12.2. The van der Waals surface area contributed by atoms with Gasteiger partial charge in [-0.2, -0.15) is 13.2 Å². The molecule has 0 fully saturated rings. The van der Waals surface area contributed by atoms with Crippen molar-refractivity contribution in [3.63, 3.8) is 0 Å². The van der Waals surface area contributed by atoms with Crippen molar-refractivity contribution in [1.82, 2.24) is 0 Å². The van der Waals surface area contributed by atoms with Crippen LogP contribution in [0, 0.1) is 11.7 Å². The summed E-state index contributed by atoms with van der Waals surface area (Å²) in [6.07, 6.45) is -4.10. The molecule has 0 amide bonds. The number of aryl methyl sites for hydroxylation is 1. The summed E-state index contributed by atoms with van der Waals surface area (Å²) in [5.74, 6) is -2.94. The SMILES string of the molecule is COC(=O)C(CCc1ccc(F)cc1)C(=O)c1ccc(C(F)(F)F)cc1. The van der Waals surface area contributed by atoms with Crippen molar-refractivity contribution in [3.05, 3.63) is 71.0 Å². The minimum absolute atomic E-state index is 0.00694. The Morgan fingerprint density at radius 2 is 1.58 bits per heavy atom. The van der Waals surface area contributed by atoms with Gasteiger partial charge in [-0.15, -0.1) is 0 Å². The summed E-state index contributed by atoms with van der Waals surface area (Å²) in [4.78, 5) is 24.5. The third-order valence-corrected chi connectivity index (χ3v) is 3.93. The highest BCUT2D eigenvalue weighted by Gasteiger charge is 2.32. The lowest BCUT2D eigenvalue weighted by Crippen LogP contribution is -2.26. The Kier molecular flexibility index (Phi) is 6.13. The minimum Gasteiger partial charge on any atom is -0.468 e. The molecular weight excluding hydrogens is 352 g/mol. The maximum Gasteiger partial charge on any atom is 0.416 e. The van der Waals surface area contributed by atoms with Crippen LogP contribution in [-0.4, -0.2) is 18.9 Å². The molecule has 138 valence electrons. The standard InChI is InChI=1S/C19H16F4O3/c1-26-18(25)16(11-4-12-2-9-15(20)10-3-12)17(24)13-5-7-14(8-6-13)19(21,22)23/h2-3,5-10,16H,4,11H2,1H3.